The van der Waals surface area contributed by atoms with Gasteiger partial charge in [0.15, 0.2) is 11.5 Å². The molecule has 5 nitrogen and oxygen atoms in total. The number of pyridine rings is 1. The summed E-state index contributed by atoms with van der Waals surface area (Å²) in [5.74, 6) is -0.710. The highest BCUT2D eigenvalue weighted by Gasteiger charge is 2.25. The number of aromatic nitrogens is 1. The average Bonchev–Trinajstić information content (AvgIpc) is 3.00. The smallest absolute Gasteiger partial charge is 0.256 e. The first-order valence-corrected chi connectivity index (χ1v) is 9.00. The molecule has 1 aliphatic heterocycles. The number of phenolic OH excluding ortho intramolecular Hbond substituents is 1. The number of hydrogen-bond acceptors (Lipinski definition) is 4. The normalized spacial score (nSPS) is 14.1. The van der Waals surface area contributed by atoms with Gasteiger partial charge in [-0.25, -0.2) is 0 Å². The Morgan fingerprint density at radius 3 is 2.50 bits per heavy atom. The van der Waals surface area contributed by atoms with Crippen LogP contribution in [0.15, 0.2) is 54.9 Å². The largest absolute Gasteiger partial charge is 0.505 e. The second-order valence-corrected chi connectivity index (χ2v) is 6.99. The molecule has 0 saturated carbocycles. The van der Waals surface area contributed by atoms with E-state index in [-0.39, 0.29) is 27.5 Å². The lowest BCUT2D eigenvalue weighted by atomic mass is 9.98. The maximum atomic E-state index is 12.7. The van der Waals surface area contributed by atoms with E-state index in [9.17, 15) is 14.7 Å². The molecule has 1 aromatic heterocycles. The van der Waals surface area contributed by atoms with Gasteiger partial charge in [0.1, 0.15) is 0 Å². The lowest BCUT2D eigenvalue weighted by molar-refractivity contribution is -0.110. The zero-order valence-corrected chi connectivity index (χ0v) is 15.8. The summed E-state index contributed by atoms with van der Waals surface area (Å²) in [5.41, 5.74) is 3.02. The van der Waals surface area contributed by atoms with Crippen LogP contribution in [-0.2, 0) is 4.79 Å². The van der Waals surface area contributed by atoms with Crippen LogP contribution in [0.5, 0.6) is 5.75 Å². The van der Waals surface area contributed by atoms with E-state index in [4.69, 9.17) is 23.2 Å². The van der Waals surface area contributed by atoms with Gasteiger partial charge in [0.25, 0.3) is 5.91 Å². The predicted octanol–water partition coefficient (Wildman–Crippen LogP) is 4.82. The van der Waals surface area contributed by atoms with E-state index in [1.165, 1.54) is 18.3 Å². The maximum Gasteiger partial charge on any atom is 0.256 e. The zero-order valence-electron chi connectivity index (χ0n) is 14.2. The van der Waals surface area contributed by atoms with E-state index in [0.29, 0.717) is 33.5 Å². The number of rotatable bonds is 3. The first-order valence-electron chi connectivity index (χ1n) is 8.24. The number of phenols is 1. The molecule has 28 heavy (non-hydrogen) atoms. The molecule has 0 aliphatic carbocycles. The van der Waals surface area contributed by atoms with E-state index in [1.54, 1.807) is 42.6 Å². The van der Waals surface area contributed by atoms with Crippen molar-refractivity contribution in [3.05, 3.63) is 87.2 Å². The fraction of sp³-hybridized carbons (Fsp3) is 0. The van der Waals surface area contributed by atoms with Crippen LogP contribution in [0.4, 0.5) is 5.69 Å². The molecule has 7 heteroatoms. The number of carbonyl (C=O) groups excluding carboxylic acids is 2. The summed E-state index contributed by atoms with van der Waals surface area (Å²) in [7, 11) is 0. The molecule has 0 saturated heterocycles. The van der Waals surface area contributed by atoms with Gasteiger partial charge in [0, 0.05) is 40.3 Å². The molecule has 3 aromatic rings. The first kappa shape index (κ1) is 18.2. The maximum absolute atomic E-state index is 12.7. The van der Waals surface area contributed by atoms with E-state index >= 15 is 0 Å². The average molecular weight is 411 g/mol. The van der Waals surface area contributed by atoms with Gasteiger partial charge in [-0.05, 0) is 54.1 Å². The van der Waals surface area contributed by atoms with Crippen molar-refractivity contribution in [2.24, 2.45) is 0 Å². The van der Waals surface area contributed by atoms with Crippen LogP contribution in [0.1, 0.15) is 27.0 Å². The molecule has 2 N–H and O–H groups in total. The Kier molecular flexibility index (Phi) is 4.63. The van der Waals surface area contributed by atoms with Gasteiger partial charge in [0.2, 0.25) is 0 Å². The topological polar surface area (TPSA) is 79.3 Å². The second-order valence-electron chi connectivity index (χ2n) is 6.18. The van der Waals surface area contributed by atoms with Crippen LogP contribution in [0.25, 0.3) is 11.6 Å². The molecule has 2 aromatic carbocycles. The summed E-state index contributed by atoms with van der Waals surface area (Å²) < 4.78 is 0. The summed E-state index contributed by atoms with van der Waals surface area (Å²) in [5, 5.41) is 12.6. The Labute approximate surface area is 170 Å². The molecule has 138 valence electrons. The summed E-state index contributed by atoms with van der Waals surface area (Å²) in [4.78, 5) is 29.1. The van der Waals surface area contributed by atoms with Gasteiger partial charge >= 0.3 is 0 Å². The standard InChI is InChI=1S/C21H12Cl2N2O3/c22-16-7-11(8-17(23)20(16)27)6-15-14-9-12(3-4-18(14)25-21(15)28)19(26)13-2-1-5-24-10-13/h1-10,27H,(H,25,28)/b15-6-. The van der Waals surface area contributed by atoms with Gasteiger partial charge in [-0.2, -0.15) is 0 Å². The van der Waals surface area contributed by atoms with E-state index < -0.39 is 0 Å². The molecule has 2 heterocycles. The van der Waals surface area contributed by atoms with Crippen molar-refractivity contribution in [2.45, 2.75) is 0 Å². The van der Waals surface area contributed by atoms with E-state index in [0.717, 1.165) is 0 Å². The molecular weight excluding hydrogens is 399 g/mol. The van der Waals surface area contributed by atoms with Crippen molar-refractivity contribution < 1.29 is 14.7 Å². The molecule has 1 aliphatic rings. The Hall–Kier alpha value is -3.15. The number of anilines is 1. The van der Waals surface area contributed by atoms with Crippen molar-refractivity contribution in [1.29, 1.82) is 0 Å². The number of hydrogen-bond donors (Lipinski definition) is 2. The molecular formula is C21H12Cl2N2O3. The molecule has 4 rings (SSSR count). The number of fused-ring (bicyclic) bond motifs is 1. The number of aromatic hydroxyl groups is 1. The van der Waals surface area contributed by atoms with Crippen molar-refractivity contribution in [1.82, 2.24) is 4.98 Å². The summed E-state index contributed by atoms with van der Waals surface area (Å²) in [6, 6.07) is 11.4. The van der Waals surface area contributed by atoms with Crippen molar-refractivity contribution in [3.63, 3.8) is 0 Å². The minimum Gasteiger partial charge on any atom is -0.505 e. The van der Waals surface area contributed by atoms with Gasteiger partial charge < -0.3 is 10.4 Å². The number of nitrogens with zero attached hydrogens (tertiary/aromatic N) is 1. The zero-order chi connectivity index (χ0) is 19.8. The molecule has 0 fully saturated rings. The highest BCUT2D eigenvalue weighted by Crippen LogP contribution is 2.37. The Morgan fingerprint density at radius 2 is 1.82 bits per heavy atom. The number of ketones is 1. The summed E-state index contributed by atoms with van der Waals surface area (Å²) >= 11 is 11.9. The number of halogens is 2. The van der Waals surface area contributed by atoms with Gasteiger partial charge in [-0.15, -0.1) is 0 Å². The van der Waals surface area contributed by atoms with Crippen LogP contribution in [-0.4, -0.2) is 21.8 Å². The molecule has 0 unspecified atom stereocenters. The van der Waals surface area contributed by atoms with Crippen molar-refractivity contribution in [2.75, 3.05) is 5.32 Å². The Bertz CT molecular complexity index is 1130. The minimum absolute atomic E-state index is 0.0819. The quantitative estimate of drug-likeness (QED) is 0.479. The van der Waals surface area contributed by atoms with E-state index in [1.807, 2.05) is 0 Å². The van der Waals surface area contributed by atoms with E-state index in [2.05, 4.69) is 10.3 Å². The van der Waals surface area contributed by atoms with Crippen molar-refractivity contribution >= 4 is 52.2 Å². The lowest BCUT2D eigenvalue weighted by Gasteiger charge is -2.05. The summed E-state index contributed by atoms with van der Waals surface area (Å²) in [6.45, 7) is 0. The first-order chi connectivity index (χ1) is 13.4. The Morgan fingerprint density at radius 1 is 1.07 bits per heavy atom. The highest BCUT2D eigenvalue weighted by molar-refractivity contribution is 6.38. The SMILES string of the molecule is O=C1Nc2ccc(C(=O)c3cccnc3)cc2/C1=C/c1cc(Cl)c(O)c(Cl)c1. The molecule has 0 bridgehead atoms. The molecule has 0 radical (unpaired) electrons. The third-order valence-corrected chi connectivity index (χ3v) is 4.91. The van der Waals surface area contributed by atoms with Crippen LogP contribution < -0.4 is 5.32 Å². The third-order valence-electron chi connectivity index (χ3n) is 4.34. The second kappa shape index (κ2) is 7.11. The minimum atomic E-state index is -0.304. The van der Waals surface area contributed by atoms with Gasteiger partial charge in [0.05, 0.1) is 10.0 Å². The molecule has 0 atom stereocenters. The van der Waals surface area contributed by atoms with Crippen LogP contribution in [0, 0.1) is 0 Å². The highest BCUT2D eigenvalue weighted by atomic mass is 35.5. The number of amides is 1. The number of benzene rings is 2. The monoisotopic (exact) mass is 410 g/mol. The number of carbonyl (C=O) groups is 2. The van der Waals surface area contributed by atoms with Gasteiger partial charge in [-0.3, -0.25) is 14.6 Å². The fourth-order valence-electron chi connectivity index (χ4n) is 2.97. The summed E-state index contributed by atoms with van der Waals surface area (Å²) in [6.07, 6.45) is 4.70. The van der Waals surface area contributed by atoms with Crippen LogP contribution >= 0.6 is 23.2 Å². The van der Waals surface area contributed by atoms with Gasteiger partial charge in [-0.1, -0.05) is 23.2 Å². The van der Waals surface area contributed by atoms with Crippen LogP contribution in [0.3, 0.4) is 0 Å². The third kappa shape index (κ3) is 3.26. The molecule has 0 spiro atoms. The Balaban J connectivity index is 1.77. The predicted molar refractivity (Wildman–Crippen MR) is 109 cm³/mol. The molecule has 1 amide bonds. The van der Waals surface area contributed by atoms with Crippen molar-refractivity contribution in [3.8, 4) is 5.75 Å². The fourth-order valence-corrected chi connectivity index (χ4v) is 3.48. The number of nitrogens with one attached hydrogen (secondary N) is 1. The lowest BCUT2D eigenvalue weighted by Crippen LogP contribution is -2.03. The van der Waals surface area contributed by atoms with Crippen LogP contribution in [0.2, 0.25) is 10.0 Å².